The van der Waals surface area contributed by atoms with Gasteiger partial charge in [0.15, 0.2) is 0 Å². The lowest BCUT2D eigenvalue weighted by Gasteiger charge is -2.13. The first kappa shape index (κ1) is 20.3. The van der Waals surface area contributed by atoms with E-state index in [1.165, 1.54) is 9.58 Å². The molecule has 0 atom stereocenters. The van der Waals surface area contributed by atoms with Crippen LogP contribution in [0, 0.1) is 6.92 Å². The lowest BCUT2D eigenvalue weighted by Crippen LogP contribution is -2.25. The van der Waals surface area contributed by atoms with E-state index in [1.54, 1.807) is 37.4 Å². The predicted molar refractivity (Wildman–Crippen MR) is 118 cm³/mol. The Kier molecular flexibility index (Phi) is 5.79. The lowest BCUT2D eigenvalue weighted by molar-refractivity contribution is -0.132. The summed E-state index contributed by atoms with van der Waals surface area (Å²) in [5, 5.41) is 8.67. The SMILES string of the molecule is Cc1c[nH]c(=O)n1-c1ccccc1NC(=O)CCC(=O)N1CCC(c2ccccc2)=N1. The number of nitrogens with one attached hydrogen (secondary N) is 2. The van der Waals surface area contributed by atoms with Crippen LogP contribution in [0.5, 0.6) is 0 Å². The van der Waals surface area contributed by atoms with Gasteiger partial charge in [0.2, 0.25) is 11.8 Å². The van der Waals surface area contributed by atoms with Crippen LogP contribution in [0.25, 0.3) is 5.69 Å². The fourth-order valence-electron chi connectivity index (χ4n) is 3.56. The van der Waals surface area contributed by atoms with E-state index in [9.17, 15) is 14.4 Å². The number of nitrogens with zero attached hydrogens (tertiary/aromatic N) is 3. The van der Waals surface area contributed by atoms with Crippen LogP contribution in [0.2, 0.25) is 0 Å². The highest BCUT2D eigenvalue weighted by molar-refractivity contribution is 6.03. The Hall–Kier alpha value is -3.94. The van der Waals surface area contributed by atoms with Crippen LogP contribution in [0.4, 0.5) is 5.69 Å². The molecule has 2 amide bonds. The zero-order chi connectivity index (χ0) is 21.8. The molecular weight excluding hydrogens is 394 g/mol. The maximum absolute atomic E-state index is 12.5. The Morgan fingerprint density at radius 1 is 1.06 bits per heavy atom. The van der Waals surface area contributed by atoms with Crippen molar-refractivity contribution < 1.29 is 9.59 Å². The molecule has 0 spiro atoms. The van der Waals surface area contributed by atoms with E-state index < -0.39 is 0 Å². The van der Waals surface area contributed by atoms with Crippen molar-refractivity contribution in [2.75, 3.05) is 11.9 Å². The molecule has 0 bridgehead atoms. The fraction of sp³-hybridized carbons (Fsp3) is 0.217. The van der Waals surface area contributed by atoms with Crippen molar-refractivity contribution in [2.45, 2.75) is 26.2 Å². The third-order valence-electron chi connectivity index (χ3n) is 5.14. The molecular formula is C23H23N5O3. The maximum Gasteiger partial charge on any atom is 0.330 e. The largest absolute Gasteiger partial charge is 0.330 e. The highest BCUT2D eigenvalue weighted by Crippen LogP contribution is 2.20. The Morgan fingerprint density at radius 2 is 1.81 bits per heavy atom. The van der Waals surface area contributed by atoms with Gasteiger partial charge < -0.3 is 10.3 Å². The zero-order valence-corrected chi connectivity index (χ0v) is 17.2. The molecule has 8 nitrogen and oxygen atoms in total. The Morgan fingerprint density at radius 3 is 2.55 bits per heavy atom. The van der Waals surface area contributed by atoms with Gasteiger partial charge in [-0.2, -0.15) is 5.10 Å². The van der Waals surface area contributed by atoms with Crippen molar-refractivity contribution in [1.82, 2.24) is 14.6 Å². The molecule has 2 heterocycles. The molecule has 1 aliphatic rings. The van der Waals surface area contributed by atoms with E-state index in [-0.39, 0.29) is 30.3 Å². The first-order chi connectivity index (χ1) is 15.0. The molecule has 0 radical (unpaired) electrons. The number of hydrogen-bond acceptors (Lipinski definition) is 4. The highest BCUT2D eigenvalue weighted by atomic mass is 16.2. The molecule has 31 heavy (non-hydrogen) atoms. The van der Waals surface area contributed by atoms with Crippen LogP contribution in [0.1, 0.15) is 30.5 Å². The number of carbonyl (C=O) groups excluding carboxylic acids is 2. The maximum atomic E-state index is 12.5. The summed E-state index contributed by atoms with van der Waals surface area (Å²) in [5.74, 6) is -0.486. The van der Waals surface area contributed by atoms with Crippen LogP contribution in [0.3, 0.4) is 0 Å². The number of amides is 2. The van der Waals surface area contributed by atoms with Crippen molar-refractivity contribution in [3.05, 3.63) is 82.5 Å². The molecule has 0 aliphatic carbocycles. The van der Waals surface area contributed by atoms with Gasteiger partial charge in [-0.1, -0.05) is 42.5 Å². The molecule has 0 saturated heterocycles. The minimum Gasteiger partial charge on any atom is -0.324 e. The van der Waals surface area contributed by atoms with Gasteiger partial charge >= 0.3 is 5.69 Å². The monoisotopic (exact) mass is 417 g/mol. The molecule has 158 valence electrons. The second-order valence-corrected chi connectivity index (χ2v) is 7.32. The van der Waals surface area contributed by atoms with Crippen molar-refractivity contribution in [1.29, 1.82) is 0 Å². The number of rotatable bonds is 6. The number of hydrogen-bond donors (Lipinski definition) is 2. The van der Waals surface area contributed by atoms with E-state index in [0.29, 0.717) is 24.3 Å². The molecule has 2 aromatic carbocycles. The molecule has 3 aromatic rings. The first-order valence-electron chi connectivity index (χ1n) is 10.1. The van der Waals surface area contributed by atoms with Crippen LogP contribution in [0.15, 0.2) is 70.7 Å². The second-order valence-electron chi connectivity index (χ2n) is 7.32. The molecule has 2 N–H and O–H groups in total. The molecule has 1 aromatic heterocycles. The second kappa shape index (κ2) is 8.83. The first-order valence-corrected chi connectivity index (χ1v) is 10.1. The molecule has 0 saturated carbocycles. The quantitative estimate of drug-likeness (QED) is 0.645. The Bertz CT molecular complexity index is 1190. The van der Waals surface area contributed by atoms with Crippen LogP contribution >= 0.6 is 0 Å². The van der Waals surface area contributed by atoms with Crippen LogP contribution in [-0.4, -0.2) is 38.6 Å². The summed E-state index contributed by atoms with van der Waals surface area (Å²) in [4.78, 5) is 39.7. The molecule has 0 fully saturated rings. The van der Waals surface area contributed by atoms with Crippen molar-refractivity contribution >= 4 is 23.2 Å². The van der Waals surface area contributed by atoms with Gasteiger partial charge in [-0.3, -0.25) is 14.2 Å². The van der Waals surface area contributed by atoms with Crippen molar-refractivity contribution in [3.8, 4) is 5.69 Å². The summed E-state index contributed by atoms with van der Waals surface area (Å²) >= 11 is 0. The fourth-order valence-corrected chi connectivity index (χ4v) is 3.56. The summed E-state index contributed by atoms with van der Waals surface area (Å²) in [6.45, 7) is 2.32. The molecule has 4 rings (SSSR count). The number of aromatic amines is 1. The van der Waals surface area contributed by atoms with Crippen LogP contribution in [-0.2, 0) is 9.59 Å². The third kappa shape index (κ3) is 4.48. The third-order valence-corrected chi connectivity index (χ3v) is 5.14. The average molecular weight is 417 g/mol. The van der Waals surface area contributed by atoms with Gasteiger partial charge in [-0.15, -0.1) is 0 Å². The Balaban J connectivity index is 1.38. The summed E-state index contributed by atoms with van der Waals surface area (Å²) in [6.07, 6.45) is 2.39. The average Bonchev–Trinajstić information content (AvgIpc) is 3.40. The minimum atomic E-state index is -0.298. The molecule has 8 heteroatoms. The molecule has 0 unspecified atom stereocenters. The molecule has 1 aliphatic heterocycles. The smallest absolute Gasteiger partial charge is 0.324 e. The number of para-hydroxylation sites is 2. The van der Waals surface area contributed by atoms with Gasteiger partial charge in [-0.25, -0.2) is 9.80 Å². The zero-order valence-electron chi connectivity index (χ0n) is 17.2. The van der Waals surface area contributed by atoms with Gasteiger partial charge in [0.25, 0.3) is 0 Å². The number of H-pyrrole nitrogens is 1. The van der Waals surface area contributed by atoms with E-state index in [0.717, 1.165) is 17.0 Å². The number of aryl methyl sites for hydroxylation is 1. The van der Waals surface area contributed by atoms with Crippen molar-refractivity contribution in [3.63, 3.8) is 0 Å². The number of hydrazone groups is 1. The van der Waals surface area contributed by atoms with Gasteiger partial charge in [-0.05, 0) is 24.6 Å². The van der Waals surface area contributed by atoms with E-state index >= 15 is 0 Å². The van der Waals surface area contributed by atoms with E-state index in [4.69, 9.17) is 0 Å². The summed E-state index contributed by atoms with van der Waals surface area (Å²) < 4.78 is 1.49. The summed E-state index contributed by atoms with van der Waals surface area (Å²) in [7, 11) is 0. The summed E-state index contributed by atoms with van der Waals surface area (Å²) in [5.41, 5.74) is 3.40. The number of aromatic nitrogens is 2. The van der Waals surface area contributed by atoms with Gasteiger partial charge in [0.05, 0.1) is 23.6 Å². The van der Waals surface area contributed by atoms with Crippen molar-refractivity contribution in [2.24, 2.45) is 5.10 Å². The van der Waals surface area contributed by atoms with Gasteiger partial charge in [0.1, 0.15) is 0 Å². The highest BCUT2D eigenvalue weighted by Gasteiger charge is 2.22. The number of benzene rings is 2. The topological polar surface area (TPSA) is 99.6 Å². The van der Waals surface area contributed by atoms with Gasteiger partial charge in [0, 0.05) is 31.2 Å². The number of imidazole rings is 1. The predicted octanol–water partition coefficient (Wildman–Crippen LogP) is 2.83. The van der Waals surface area contributed by atoms with E-state index in [2.05, 4.69) is 15.4 Å². The standard InChI is InChI=1S/C23H23N5O3/c1-16-15-24-23(31)28(16)20-10-6-5-9-19(20)25-21(29)11-12-22(30)27-14-13-18(26-27)17-7-3-2-4-8-17/h2-10,15H,11-14H2,1H3,(H,24,31)(H,25,29). The van der Waals surface area contributed by atoms with Crippen LogP contribution < -0.4 is 11.0 Å². The number of anilines is 1. The summed E-state index contributed by atoms with van der Waals surface area (Å²) in [6, 6.07) is 16.8. The Labute approximate surface area is 179 Å². The lowest BCUT2D eigenvalue weighted by atomic mass is 10.1. The normalized spacial score (nSPS) is 13.2. The van der Waals surface area contributed by atoms with E-state index in [1.807, 2.05) is 30.3 Å². The minimum absolute atomic E-state index is 0.0286. The number of carbonyl (C=O) groups is 2.